The number of amides is 5. The summed E-state index contributed by atoms with van der Waals surface area (Å²) in [6.07, 6.45) is 1.75. The number of aliphatic hydroxyl groups is 1. The van der Waals surface area contributed by atoms with Gasteiger partial charge in [0.2, 0.25) is 29.5 Å². The molecule has 0 radical (unpaired) electrons. The molecule has 0 aromatic rings. The van der Waals surface area contributed by atoms with Crippen molar-refractivity contribution in [3.05, 3.63) is 0 Å². The minimum Gasteiger partial charge on any atom is -0.480 e. The minimum atomic E-state index is -1.49. The number of aliphatic imine (C=N–C) groups is 1. The van der Waals surface area contributed by atoms with Crippen molar-refractivity contribution < 1.29 is 39.0 Å². The van der Waals surface area contributed by atoms with Gasteiger partial charge in [0.15, 0.2) is 5.96 Å². The number of nitrogens with one attached hydrogen (secondary N) is 4. The number of carbonyl (C=O) groups is 6. The van der Waals surface area contributed by atoms with Gasteiger partial charge in [0, 0.05) is 13.1 Å². The zero-order valence-electron chi connectivity index (χ0n) is 22.1. The molecule has 2 rings (SSSR count). The standard InChI is InChI=1S/C23H39N9O8/c24-17(34)10-14(30-18(35)12-4-1-7-27-12)19(36)31-15(11-33)21(38)32-9-3-6-16(32)20(37)29-13(22(39)40)5-2-8-28-23(25)26/h12-16,27,33H,1-11H2,(H2,24,34)(H,29,37)(H,30,35)(H,31,36)(H,39,40)(H4,25,26,28). The molecule has 5 unspecified atom stereocenters. The first kappa shape index (κ1) is 32.2. The summed E-state index contributed by atoms with van der Waals surface area (Å²) in [4.78, 5) is 79.6. The largest absolute Gasteiger partial charge is 0.480 e. The molecule has 0 aromatic heterocycles. The van der Waals surface area contributed by atoms with E-state index < -0.39 is 78.7 Å². The van der Waals surface area contributed by atoms with Crippen molar-refractivity contribution >= 4 is 41.5 Å². The molecule has 2 fully saturated rings. The molecule has 0 bridgehead atoms. The van der Waals surface area contributed by atoms with Crippen molar-refractivity contribution in [2.75, 3.05) is 26.2 Å². The second-order valence-corrected chi connectivity index (χ2v) is 9.66. The van der Waals surface area contributed by atoms with Crippen LogP contribution in [0.1, 0.15) is 44.9 Å². The van der Waals surface area contributed by atoms with E-state index in [1.54, 1.807) is 0 Å². The molecule has 12 N–H and O–H groups in total. The number of carboxylic acid groups (broad SMARTS) is 1. The summed E-state index contributed by atoms with van der Waals surface area (Å²) in [6, 6.07) is -5.70. The van der Waals surface area contributed by atoms with Gasteiger partial charge < -0.3 is 53.6 Å². The van der Waals surface area contributed by atoms with Crippen LogP contribution in [-0.2, 0) is 28.8 Å². The summed E-state index contributed by atoms with van der Waals surface area (Å²) in [7, 11) is 0. The zero-order chi connectivity index (χ0) is 29.8. The first-order chi connectivity index (χ1) is 18.9. The first-order valence-corrected chi connectivity index (χ1v) is 13.1. The Bertz CT molecular complexity index is 981. The molecule has 0 aliphatic carbocycles. The van der Waals surface area contributed by atoms with E-state index in [-0.39, 0.29) is 38.3 Å². The molecule has 17 heteroatoms. The summed E-state index contributed by atoms with van der Waals surface area (Å²) < 4.78 is 0. The Morgan fingerprint density at radius 1 is 0.950 bits per heavy atom. The summed E-state index contributed by atoms with van der Waals surface area (Å²) in [5.74, 6) is -5.19. The van der Waals surface area contributed by atoms with Crippen LogP contribution in [0.4, 0.5) is 0 Å². The quantitative estimate of drug-likeness (QED) is 0.0512. The van der Waals surface area contributed by atoms with Crippen LogP contribution in [0.25, 0.3) is 0 Å². The summed E-state index contributed by atoms with van der Waals surface area (Å²) in [5, 5.41) is 29.5. The van der Waals surface area contributed by atoms with Crippen LogP contribution in [0, 0.1) is 0 Å². The molecule has 5 amide bonds. The lowest BCUT2D eigenvalue weighted by atomic mass is 10.1. The van der Waals surface area contributed by atoms with E-state index in [4.69, 9.17) is 17.2 Å². The van der Waals surface area contributed by atoms with Crippen molar-refractivity contribution in [2.24, 2.45) is 22.2 Å². The van der Waals surface area contributed by atoms with Gasteiger partial charge in [-0.2, -0.15) is 0 Å². The topological polar surface area (TPSA) is 285 Å². The molecule has 224 valence electrons. The Morgan fingerprint density at radius 3 is 2.23 bits per heavy atom. The number of nitrogens with zero attached hydrogens (tertiary/aromatic N) is 2. The lowest BCUT2D eigenvalue weighted by Crippen LogP contribution is -2.59. The summed E-state index contributed by atoms with van der Waals surface area (Å²) >= 11 is 0. The Balaban J connectivity index is 2.04. The lowest BCUT2D eigenvalue weighted by Gasteiger charge is -2.29. The Labute approximate surface area is 230 Å². The van der Waals surface area contributed by atoms with Crippen LogP contribution < -0.4 is 38.5 Å². The fourth-order valence-corrected chi connectivity index (χ4v) is 4.58. The third-order valence-electron chi connectivity index (χ3n) is 6.61. The molecule has 2 heterocycles. The van der Waals surface area contributed by atoms with Gasteiger partial charge >= 0.3 is 5.97 Å². The van der Waals surface area contributed by atoms with Crippen molar-refractivity contribution in [1.29, 1.82) is 0 Å². The van der Waals surface area contributed by atoms with Gasteiger partial charge in [-0.15, -0.1) is 0 Å². The number of likely N-dealkylation sites (tertiary alicyclic amines) is 1. The molecule has 0 saturated carbocycles. The highest BCUT2D eigenvalue weighted by Gasteiger charge is 2.39. The maximum atomic E-state index is 13.2. The number of guanidine groups is 1. The third-order valence-corrected chi connectivity index (χ3v) is 6.61. The molecule has 17 nitrogen and oxygen atoms in total. The SMILES string of the molecule is NC(=O)CC(NC(=O)C1CCCN1)C(=O)NC(CO)C(=O)N1CCCC1C(=O)NC(CCCN=C(N)N)C(=O)O. The van der Waals surface area contributed by atoms with Crippen molar-refractivity contribution in [2.45, 2.75) is 75.2 Å². The zero-order valence-corrected chi connectivity index (χ0v) is 22.1. The number of aliphatic carboxylic acids is 1. The van der Waals surface area contributed by atoms with E-state index in [0.29, 0.717) is 19.4 Å². The van der Waals surface area contributed by atoms with Crippen LogP contribution in [0.15, 0.2) is 4.99 Å². The van der Waals surface area contributed by atoms with Gasteiger partial charge in [0.25, 0.3) is 0 Å². The van der Waals surface area contributed by atoms with Crippen LogP contribution in [0.3, 0.4) is 0 Å². The molecule has 5 atom stereocenters. The monoisotopic (exact) mass is 569 g/mol. The van der Waals surface area contributed by atoms with E-state index in [2.05, 4.69) is 26.3 Å². The van der Waals surface area contributed by atoms with Gasteiger partial charge in [0.1, 0.15) is 24.2 Å². The van der Waals surface area contributed by atoms with Gasteiger partial charge in [0.05, 0.1) is 19.1 Å². The maximum Gasteiger partial charge on any atom is 0.326 e. The average molecular weight is 570 g/mol. The maximum absolute atomic E-state index is 13.2. The van der Waals surface area contributed by atoms with Crippen LogP contribution >= 0.6 is 0 Å². The molecular weight excluding hydrogens is 530 g/mol. The first-order valence-electron chi connectivity index (χ1n) is 13.1. The highest BCUT2D eigenvalue weighted by molar-refractivity contribution is 5.97. The lowest BCUT2D eigenvalue weighted by molar-refractivity contribution is -0.145. The number of hydrogen-bond acceptors (Lipinski definition) is 9. The van der Waals surface area contributed by atoms with Gasteiger partial charge in [-0.05, 0) is 45.1 Å². The molecule has 2 saturated heterocycles. The molecule has 0 spiro atoms. The molecule has 2 aliphatic heterocycles. The molecular formula is C23H39N9O8. The van der Waals surface area contributed by atoms with Crippen LogP contribution in [-0.4, -0.2) is 113 Å². The number of carboxylic acids is 1. The minimum absolute atomic E-state index is 0.0389. The number of carbonyl (C=O) groups excluding carboxylic acids is 5. The Morgan fingerprint density at radius 2 is 1.65 bits per heavy atom. The fourth-order valence-electron chi connectivity index (χ4n) is 4.58. The van der Waals surface area contributed by atoms with E-state index in [1.807, 2.05) is 0 Å². The number of nitrogens with two attached hydrogens (primary N) is 3. The van der Waals surface area contributed by atoms with Gasteiger partial charge in [-0.25, -0.2) is 4.79 Å². The predicted octanol–water partition coefficient (Wildman–Crippen LogP) is -4.81. The van der Waals surface area contributed by atoms with Gasteiger partial charge in [-0.3, -0.25) is 29.0 Å². The van der Waals surface area contributed by atoms with E-state index in [9.17, 15) is 39.0 Å². The highest BCUT2D eigenvalue weighted by atomic mass is 16.4. The Kier molecular flexibility index (Phi) is 12.5. The van der Waals surface area contributed by atoms with Crippen molar-refractivity contribution in [3.63, 3.8) is 0 Å². The number of rotatable bonds is 15. The number of aliphatic hydroxyl groups excluding tert-OH is 1. The van der Waals surface area contributed by atoms with E-state index in [1.165, 1.54) is 0 Å². The second-order valence-electron chi connectivity index (χ2n) is 9.66. The number of primary amides is 1. The van der Waals surface area contributed by atoms with Crippen LogP contribution in [0.5, 0.6) is 0 Å². The molecule has 0 aromatic carbocycles. The fraction of sp³-hybridized carbons (Fsp3) is 0.696. The van der Waals surface area contributed by atoms with Gasteiger partial charge in [-0.1, -0.05) is 0 Å². The third kappa shape index (κ3) is 9.64. The van der Waals surface area contributed by atoms with Crippen molar-refractivity contribution in [1.82, 2.24) is 26.2 Å². The van der Waals surface area contributed by atoms with Crippen molar-refractivity contribution in [3.8, 4) is 0 Å². The molecule has 40 heavy (non-hydrogen) atoms. The van der Waals surface area contributed by atoms with E-state index in [0.717, 1.165) is 11.3 Å². The predicted molar refractivity (Wildman–Crippen MR) is 140 cm³/mol. The summed E-state index contributed by atoms with van der Waals surface area (Å²) in [6.45, 7) is 0.0869. The average Bonchev–Trinajstić information content (AvgIpc) is 3.60. The normalized spacial score (nSPS) is 20.6. The van der Waals surface area contributed by atoms with Crippen LogP contribution in [0.2, 0.25) is 0 Å². The Hall–Kier alpha value is -3.99. The molecule has 2 aliphatic rings. The highest BCUT2D eigenvalue weighted by Crippen LogP contribution is 2.19. The number of hydrogen-bond donors (Lipinski definition) is 9. The second kappa shape index (κ2) is 15.6. The van der Waals surface area contributed by atoms with E-state index >= 15 is 0 Å². The summed E-state index contributed by atoms with van der Waals surface area (Å²) in [5.41, 5.74) is 15.7. The smallest absolute Gasteiger partial charge is 0.326 e.